The molecule has 5 atom stereocenters. The Labute approximate surface area is 281 Å². The summed E-state index contributed by atoms with van der Waals surface area (Å²) in [5.41, 5.74) is 2.29. The molecule has 250 valence electrons. The van der Waals surface area contributed by atoms with Gasteiger partial charge in [0.25, 0.3) is 5.91 Å². The first-order valence-electron chi connectivity index (χ1n) is 16.4. The van der Waals surface area contributed by atoms with Gasteiger partial charge in [-0.15, -0.1) is 0 Å². The summed E-state index contributed by atoms with van der Waals surface area (Å²) < 4.78 is 26.1. The van der Waals surface area contributed by atoms with E-state index in [9.17, 15) is 9.59 Å². The number of carbonyl (C=O) groups is 2. The fourth-order valence-corrected chi connectivity index (χ4v) is 8.09. The van der Waals surface area contributed by atoms with Gasteiger partial charge in [0, 0.05) is 52.8 Å². The van der Waals surface area contributed by atoms with E-state index in [1.807, 2.05) is 44.2 Å². The van der Waals surface area contributed by atoms with Crippen LogP contribution >= 0.6 is 11.6 Å². The molecule has 10 heteroatoms. The number of aryl methyl sites for hydroxylation is 1. The minimum Gasteiger partial charge on any atom is -0.491 e. The number of methoxy groups -OCH3 is 1. The van der Waals surface area contributed by atoms with Crippen LogP contribution in [0.4, 0.5) is 5.69 Å². The molecular formula is C36H48ClN3O5S. The number of benzene rings is 2. The molecule has 0 spiro atoms. The van der Waals surface area contributed by atoms with E-state index in [2.05, 4.69) is 39.1 Å². The van der Waals surface area contributed by atoms with Crippen LogP contribution in [0, 0.1) is 17.8 Å². The number of rotatable bonds is 6. The summed E-state index contributed by atoms with van der Waals surface area (Å²) in [6.45, 7) is 11.6. The zero-order valence-electron chi connectivity index (χ0n) is 27.9. The predicted octanol–water partition coefficient (Wildman–Crippen LogP) is 7.06. The number of nitrogens with one attached hydrogen (secondary N) is 1. The molecule has 1 aliphatic carbocycles. The molecule has 8 nitrogen and oxygen atoms in total. The standard InChI is InChI=1S/C36H48ClN3O5S/c1-7-9-24-18-27(37)12-15-29(24)26-21-40-20-25-11-14-30(25)32(43-6)10-8-17-45-36(4,5)35(42)39-46(38-34(41)23(2)3)28-13-16-33(44-22-26)31(40)19-28/h8,10,12-13,15-16,18-19,23,25-26,30,32H,7,9,11,14,17,20-22H2,1-6H3,(H,38,39,41,42)/b10-8+/t25-,26?,30?,32?,46?/m0/s1. The van der Waals surface area contributed by atoms with E-state index in [0.29, 0.717) is 18.4 Å². The van der Waals surface area contributed by atoms with Gasteiger partial charge in [-0.05, 0) is 86.4 Å². The molecule has 1 fully saturated rings. The highest BCUT2D eigenvalue weighted by Crippen LogP contribution is 2.43. The van der Waals surface area contributed by atoms with Crippen LogP contribution in [0.25, 0.3) is 0 Å². The largest absolute Gasteiger partial charge is 0.491 e. The maximum absolute atomic E-state index is 13.5. The lowest BCUT2D eigenvalue weighted by molar-refractivity contribution is -0.137. The van der Waals surface area contributed by atoms with Gasteiger partial charge in [-0.1, -0.05) is 57.0 Å². The lowest BCUT2D eigenvalue weighted by Crippen LogP contribution is -2.44. The molecule has 2 amide bonds. The Morgan fingerprint density at radius 1 is 1.20 bits per heavy atom. The molecule has 2 aromatic carbocycles. The summed E-state index contributed by atoms with van der Waals surface area (Å²) in [5, 5.41) is 0.748. The van der Waals surface area contributed by atoms with Crippen LogP contribution in [0.5, 0.6) is 5.75 Å². The molecular weight excluding hydrogens is 622 g/mol. The highest BCUT2D eigenvalue weighted by atomic mass is 35.5. The minimum atomic E-state index is -1.23. The van der Waals surface area contributed by atoms with Crippen LogP contribution in [0.2, 0.25) is 5.02 Å². The van der Waals surface area contributed by atoms with E-state index in [0.717, 1.165) is 60.1 Å². The molecule has 2 aromatic rings. The summed E-state index contributed by atoms with van der Waals surface area (Å²) in [7, 11) is 0.527. The molecule has 3 aliphatic rings. The quantitative estimate of drug-likeness (QED) is 0.332. The summed E-state index contributed by atoms with van der Waals surface area (Å²) in [4.78, 5) is 29.7. The van der Waals surface area contributed by atoms with Gasteiger partial charge in [0.2, 0.25) is 5.91 Å². The van der Waals surface area contributed by atoms with Crippen molar-refractivity contribution in [1.82, 2.24) is 4.72 Å². The van der Waals surface area contributed by atoms with E-state index in [-0.39, 0.29) is 30.5 Å². The number of anilines is 1. The Morgan fingerprint density at radius 3 is 2.70 bits per heavy atom. The molecule has 1 N–H and O–H groups in total. The first-order chi connectivity index (χ1) is 22.0. The second-order valence-electron chi connectivity index (χ2n) is 13.4. The van der Waals surface area contributed by atoms with Crippen molar-refractivity contribution in [3.63, 3.8) is 0 Å². The van der Waals surface area contributed by atoms with Crippen LogP contribution in [-0.4, -0.2) is 56.9 Å². The monoisotopic (exact) mass is 669 g/mol. The molecule has 1 saturated carbocycles. The third kappa shape index (κ3) is 7.87. The van der Waals surface area contributed by atoms with E-state index < -0.39 is 22.4 Å². The van der Waals surface area contributed by atoms with Gasteiger partial charge >= 0.3 is 0 Å². The maximum Gasteiger partial charge on any atom is 0.285 e. The fraction of sp³-hybridized carbons (Fsp3) is 0.556. The third-order valence-corrected chi connectivity index (χ3v) is 11.0. The Morgan fingerprint density at radius 2 is 2.00 bits per heavy atom. The Balaban J connectivity index is 1.61. The van der Waals surface area contributed by atoms with Crippen molar-refractivity contribution in [1.29, 1.82) is 0 Å². The number of hydrogen-bond donors (Lipinski definition) is 1. The van der Waals surface area contributed by atoms with Gasteiger partial charge in [0.15, 0.2) is 0 Å². The number of fused-ring (bicyclic) bond motifs is 2. The normalized spacial score (nSPS) is 27.3. The summed E-state index contributed by atoms with van der Waals surface area (Å²) >= 11 is 6.45. The maximum atomic E-state index is 13.5. The average Bonchev–Trinajstić information content (AvgIpc) is 3.19. The average molecular weight is 670 g/mol. The van der Waals surface area contributed by atoms with E-state index >= 15 is 0 Å². The second-order valence-corrected chi connectivity index (χ2v) is 15.3. The smallest absolute Gasteiger partial charge is 0.285 e. The zero-order chi connectivity index (χ0) is 33.0. The van der Waals surface area contributed by atoms with Crippen molar-refractivity contribution in [3.8, 4) is 5.75 Å². The highest BCUT2D eigenvalue weighted by molar-refractivity contribution is 7.86. The van der Waals surface area contributed by atoms with Crippen molar-refractivity contribution in [2.24, 2.45) is 22.1 Å². The number of carbonyl (C=O) groups excluding carboxylic acids is 2. The molecule has 0 saturated heterocycles. The molecule has 4 unspecified atom stereocenters. The van der Waals surface area contributed by atoms with Crippen molar-refractivity contribution in [3.05, 3.63) is 64.7 Å². The summed E-state index contributed by atoms with van der Waals surface area (Å²) in [6, 6.07) is 12.1. The van der Waals surface area contributed by atoms with Gasteiger partial charge in [0.1, 0.15) is 11.4 Å². The third-order valence-electron chi connectivity index (χ3n) is 9.34. The highest BCUT2D eigenvalue weighted by Gasteiger charge is 2.39. The molecule has 0 radical (unpaired) electrons. The van der Waals surface area contributed by atoms with Gasteiger partial charge in [-0.3, -0.25) is 14.3 Å². The molecule has 2 aliphatic heterocycles. The molecule has 46 heavy (non-hydrogen) atoms. The molecule has 5 rings (SSSR count). The van der Waals surface area contributed by atoms with Crippen molar-refractivity contribution in [2.45, 2.75) is 82.8 Å². The van der Waals surface area contributed by atoms with Crippen molar-refractivity contribution < 1.29 is 23.8 Å². The van der Waals surface area contributed by atoms with Crippen molar-refractivity contribution in [2.75, 3.05) is 38.3 Å². The van der Waals surface area contributed by atoms with E-state index in [1.165, 1.54) is 11.1 Å². The predicted molar refractivity (Wildman–Crippen MR) is 185 cm³/mol. The number of ether oxygens (including phenoxy) is 3. The van der Waals surface area contributed by atoms with Crippen LogP contribution < -0.4 is 14.4 Å². The minimum absolute atomic E-state index is 0.0480. The summed E-state index contributed by atoms with van der Waals surface area (Å²) in [5.74, 6) is 0.811. The molecule has 2 heterocycles. The van der Waals surface area contributed by atoms with Gasteiger partial charge in [-0.25, -0.2) is 0 Å². The number of nitrogens with zero attached hydrogens (tertiary/aromatic N) is 2. The van der Waals surface area contributed by atoms with E-state index in [4.69, 9.17) is 25.8 Å². The van der Waals surface area contributed by atoms with Crippen LogP contribution in [-0.2, 0) is 36.4 Å². The number of halogens is 1. The zero-order valence-corrected chi connectivity index (χ0v) is 29.5. The first-order valence-corrected chi connectivity index (χ1v) is 18.0. The van der Waals surface area contributed by atoms with Crippen LogP contribution in [0.1, 0.15) is 70.9 Å². The topological polar surface area (TPSA) is 89.5 Å². The van der Waals surface area contributed by atoms with Gasteiger partial charge in [-0.2, -0.15) is 4.36 Å². The summed E-state index contributed by atoms with van der Waals surface area (Å²) in [6.07, 6.45) is 8.13. The first kappa shape index (κ1) is 34.6. The number of hydrogen-bond acceptors (Lipinski definition) is 6. The molecule has 2 bridgehead atoms. The lowest BCUT2D eigenvalue weighted by Gasteiger charge is -2.43. The van der Waals surface area contributed by atoms with Crippen LogP contribution in [0.3, 0.4) is 0 Å². The van der Waals surface area contributed by atoms with E-state index in [1.54, 1.807) is 21.0 Å². The Hall–Kier alpha value is -2.72. The Bertz CT molecular complexity index is 1490. The Kier molecular flexibility index (Phi) is 11.3. The fourth-order valence-electron chi connectivity index (χ4n) is 6.39. The second kappa shape index (κ2) is 15.0. The van der Waals surface area contributed by atoms with Gasteiger partial charge in [0.05, 0.1) is 25.0 Å². The SMILES string of the molecule is CCCc1cc(Cl)ccc1C1COc2ccc3cc2N(C1)C[C@@H]1CCC1C(OC)/C=C/COC(C)(C)C(=O)/N=S/3NC(=O)C(C)C. The molecule has 0 aromatic heterocycles. The lowest BCUT2D eigenvalue weighted by atomic mass is 9.70. The number of amides is 2. The van der Waals surface area contributed by atoms with Gasteiger partial charge < -0.3 is 19.1 Å². The van der Waals surface area contributed by atoms with Crippen LogP contribution in [0.15, 0.2) is 57.8 Å². The van der Waals surface area contributed by atoms with Crippen molar-refractivity contribution >= 4 is 40.0 Å².